The van der Waals surface area contributed by atoms with Gasteiger partial charge in [0.1, 0.15) is 0 Å². The molecule has 0 unspecified atom stereocenters. The van der Waals surface area contributed by atoms with Gasteiger partial charge in [0.2, 0.25) is 0 Å². The maximum absolute atomic E-state index is 11.4. The lowest BCUT2D eigenvalue weighted by atomic mass is 10.0. The van der Waals surface area contributed by atoms with Gasteiger partial charge in [0.15, 0.2) is 0 Å². The van der Waals surface area contributed by atoms with Crippen molar-refractivity contribution in [1.82, 2.24) is 0 Å². The highest BCUT2D eigenvalue weighted by atomic mass is 16.6. The van der Waals surface area contributed by atoms with E-state index in [2.05, 4.69) is 4.74 Å². The average molecular weight is 250 g/mol. The van der Waals surface area contributed by atoms with E-state index >= 15 is 0 Å². The third-order valence-corrected chi connectivity index (χ3v) is 2.94. The minimum absolute atomic E-state index is 0.334. The Morgan fingerprint density at radius 1 is 0.737 bits per heavy atom. The van der Waals surface area contributed by atoms with Crippen LogP contribution in [-0.2, 0) is 4.74 Å². The lowest BCUT2D eigenvalue weighted by Crippen LogP contribution is -1.96. The molecule has 0 aliphatic carbocycles. The molecule has 3 heteroatoms. The zero-order chi connectivity index (χ0) is 13.2. The molecule has 0 N–H and O–H groups in total. The first-order valence-electron chi connectivity index (χ1n) is 5.88. The van der Waals surface area contributed by atoms with Gasteiger partial charge in [-0.15, -0.1) is 0 Å². The van der Waals surface area contributed by atoms with Crippen molar-refractivity contribution < 1.29 is 14.3 Å². The van der Waals surface area contributed by atoms with Crippen LogP contribution in [0.15, 0.2) is 48.5 Å². The van der Waals surface area contributed by atoms with Crippen LogP contribution in [0.25, 0.3) is 12.2 Å². The molecule has 0 radical (unpaired) electrons. The predicted molar refractivity (Wildman–Crippen MR) is 71.6 cm³/mol. The van der Waals surface area contributed by atoms with Gasteiger partial charge in [0.25, 0.3) is 0 Å². The third kappa shape index (κ3) is 2.18. The number of carbonyl (C=O) groups is 2. The zero-order valence-electron chi connectivity index (χ0n) is 10.00. The Hall–Kier alpha value is -2.68. The fourth-order valence-electron chi connectivity index (χ4n) is 1.96. The molecule has 0 fully saturated rings. The molecule has 3 rings (SSSR count). The van der Waals surface area contributed by atoms with Gasteiger partial charge in [-0.25, -0.2) is 9.59 Å². The molecule has 2 aromatic carbocycles. The molecule has 92 valence electrons. The molecule has 0 atom stereocenters. The summed E-state index contributed by atoms with van der Waals surface area (Å²) in [5, 5.41) is 0. The zero-order valence-corrected chi connectivity index (χ0v) is 10.00. The summed E-state index contributed by atoms with van der Waals surface area (Å²) in [5.41, 5.74) is 2.60. The van der Waals surface area contributed by atoms with Gasteiger partial charge in [0.05, 0.1) is 11.1 Å². The first-order valence-corrected chi connectivity index (χ1v) is 5.88. The Bertz CT molecular complexity index is 684. The number of ether oxygens (including phenoxy) is 1. The summed E-state index contributed by atoms with van der Waals surface area (Å²) in [5.74, 6) is -1.14. The van der Waals surface area contributed by atoms with E-state index in [1.807, 2.05) is 42.5 Å². The highest BCUT2D eigenvalue weighted by Crippen LogP contribution is 2.22. The van der Waals surface area contributed by atoms with E-state index in [0.717, 1.165) is 11.1 Å². The molecule has 0 saturated heterocycles. The average Bonchev–Trinajstić information content (AvgIpc) is 2.73. The van der Waals surface area contributed by atoms with E-state index in [0.29, 0.717) is 11.1 Å². The van der Waals surface area contributed by atoms with Crippen molar-refractivity contribution in [3.05, 3.63) is 70.8 Å². The smallest absolute Gasteiger partial charge is 0.346 e. The molecule has 0 saturated carbocycles. The van der Waals surface area contributed by atoms with Crippen molar-refractivity contribution >= 4 is 24.1 Å². The second-order valence-electron chi connectivity index (χ2n) is 4.23. The predicted octanol–water partition coefficient (Wildman–Crippen LogP) is 3.17. The molecule has 0 amide bonds. The Morgan fingerprint density at radius 3 is 2.21 bits per heavy atom. The monoisotopic (exact) mass is 250 g/mol. The minimum atomic E-state index is -0.574. The quantitative estimate of drug-likeness (QED) is 0.467. The SMILES string of the molecule is O=C1OC(=O)c2cc(/C=C\c3ccccc3)ccc21. The van der Waals surface area contributed by atoms with Gasteiger partial charge in [-0.1, -0.05) is 48.6 Å². The van der Waals surface area contributed by atoms with E-state index in [-0.39, 0.29) is 0 Å². The Morgan fingerprint density at radius 2 is 1.42 bits per heavy atom. The van der Waals surface area contributed by atoms with Crippen molar-refractivity contribution in [2.45, 2.75) is 0 Å². The summed E-state index contributed by atoms with van der Waals surface area (Å²) in [6, 6.07) is 14.9. The summed E-state index contributed by atoms with van der Waals surface area (Å²) in [4.78, 5) is 22.7. The lowest BCUT2D eigenvalue weighted by molar-refractivity contribution is 0.0444. The van der Waals surface area contributed by atoms with E-state index in [1.54, 1.807) is 18.2 Å². The summed E-state index contributed by atoms with van der Waals surface area (Å²) >= 11 is 0. The van der Waals surface area contributed by atoms with Crippen LogP contribution in [0.5, 0.6) is 0 Å². The summed E-state index contributed by atoms with van der Waals surface area (Å²) in [6.07, 6.45) is 3.84. The number of hydrogen-bond acceptors (Lipinski definition) is 3. The van der Waals surface area contributed by atoms with Crippen LogP contribution in [0.1, 0.15) is 31.8 Å². The van der Waals surface area contributed by atoms with Crippen molar-refractivity contribution in [2.24, 2.45) is 0 Å². The van der Waals surface area contributed by atoms with E-state index in [4.69, 9.17) is 0 Å². The number of rotatable bonds is 2. The third-order valence-electron chi connectivity index (χ3n) is 2.94. The number of carbonyl (C=O) groups excluding carboxylic acids is 2. The maximum Gasteiger partial charge on any atom is 0.346 e. The van der Waals surface area contributed by atoms with Crippen molar-refractivity contribution in [3.8, 4) is 0 Å². The van der Waals surface area contributed by atoms with Crippen LogP contribution in [0.4, 0.5) is 0 Å². The standard InChI is InChI=1S/C16H10O3/c17-15-13-9-8-12(10-14(13)16(18)19-15)7-6-11-4-2-1-3-5-11/h1-10H/b7-6-. The van der Waals surface area contributed by atoms with Gasteiger partial charge in [0, 0.05) is 0 Å². The Balaban J connectivity index is 1.92. The highest BCUT2D eigenvalue weighted by molar-refractivity contribution is 6.14. The summed E-state index contributed by atoms with van der Waals surface area (Å²) in [7, 11) is 0. The van der Waals surface area contributed by atoms with E-state index < -0.39 is 11.9 Å². The summed E-state index contributed by atoms with van der Waals surface area (Å²) < 4.78 is 4.55. The highest BCUT2D eigenvalue weighted by Gasteiger charge is 2.29. The lowest BCUT2D eigenvalue weighted by Gasteiger charge is -1.96. The van der Waals surface area contributed by atoms with E-state index in [9.17, 15) is 9.59 Å². The van der Waals surface area contributed by atoms with Crippen LogP contribution in [0.3, 0.4) is 0 Å². The molecular formula is C16H10O3. The number of cyclic esters (lactones) is 2. The fourth-order valence-corrected chi connectivity index (χ4v) is 1.96. The second kappa shape index (κ2) is 4.53. The largest absolute Gasteiger partial charge is 0.386 e. The molecule has 2 aromatic rings. The van der Waals surface area contributed by atoms with Crippen LogP contribution < -0.4 is 0 Å². The normalized spacial score (nSPS) is 13.7. The number of esters is 2. The van der Waals surface area contributed by atoms with Gasteiger partial charge in [-0.3, -0.25) is 0 Å². The molecule has 1 aliphatic heterocycles. The topological polar surface area (TPSA) is 43.4 Å². The number of fused-ring (bicyclic) bond motifs is 1. The van der Waals surface area contributed by atoms with Gasteiger partial charge < -0.3 is 4.74 Å². The van der Waals surface area contributed by atoms with Crippen LogP contribution in [0, 0.1) is 0 Å². The second-order valence-corrected chi connectivity index (χ2v) is 4.23. The molecule has 1 heterocycles. The molecule has 0 aromatic heterocycles. The summed E-state index contributed by atoms with van der Waals surface area (Å²) in [6.45, 7) is 0. The molecular weight excluding hydrogens is 240 g/mol. The van der Waals surface area contributed by atoms with Crippen molar-refractivity contribution in [2.75, 3.05) is 0 Å². The van der Waals surface area contributed by atoms with E-state index in [1.165, 1.54) is 0 Å². The van der Waals surface area contributed by atoms with Crippen LogP contribution >= 0.6 is 0 Å². The molecule has 1 aliphatic rings. The Labute approximate surface area is 110 Å². The maximum atomic E-state index is 11.4. The van der Waals surface area contributed by atoms with Crippen LogP contribution in [-0.4, -0.2) is 11.9 Å². The van der Waals surface area contributed by atoms with Gasteiger partial charge >= 0.3 is 11.9 Å². The van der Waals surface area contributed by atoms with Crippen LogP contribution in [0.2, 0.25) is 0 Å². The molecule has 19 heavy (non-hydrogen) atoms. The van der Waals surface area contributed by atoms with Crippen molar-refractivity contribution in [1.29, 1.82) is 0 Å². The first-order chi connectivity index (χ1) is 9.24. The van der Waals surface area contributed by atoms with Crippen molar-refractivity contribution in [3.63, 3.8) is 0 Å². The molecule has 3 nitrogen and oxygen atoms in total. The number of benzene rings is 2. The Kier molecular flexibility index (Phi) is 2.72. The fraction of sp³-hybridized carbons (Fsp3) is 0. The first kappa shape index (κ1) is 11.4. The van der Waals surface area contributed by atoms with Gasteiger partial charge in [-0.05, 0) is 23.3 Å². The number of hydrogen-bond donors (Lipinski definition) is 0. The molecule has 0 spiro atoms. The minimum Gasteiger partial charge on any atom is -0.386 e. The van der Waals surface area contributed by atoms with Gasteiger partial charge in [-0.2, -0.15) is 0 Å². The molecule has 0 bridgehead atoms.